The molecule has 5 rings (SSSR count). The molecule has 6 atom stereocenters. The monoisotopic (exact) mass is 801 g/mol. The molecule has 3 N–H and O–H groups in total. The molecule has 2 aliphatic heterocycles. The molecule has 0 bridgehead atoms. The Kier molecular flexibility index (Phi) is 16.2. The van der Waals surface area contributed by atoms with Crippen LogP contribution in [0.5, 0.6) is 0 Å². The molecule has 13 nitrogen and oxygen atoms in total. The van der Waals surface area contributed by atoms with Crippen molar-refractivity contribution in [3.63, 3.8) is 0 Å². The number of nitriles is 1. The molecule has 4 heterocycles. The summed E-state index contributed by atoms with van der Waals surface area (Å²) >= 11 is 0. The molecule has 2 aromatic heterocycles. The maximum atomic E-state index is 14.1. The van der Waals surface area contributed by atoms with Crippen molar-refractivity contribution in [2.24, 2.45) is 0 Å². The average molecular weight is 802 g/mol. The summed E-state index contributed by atoms with van der Waals surface area (Å²) in [6.07, 6.45) is 16.6. The molecule has 2 aliphatic rings. The van der Waals surface area contributed by atoms with E-state index < -0.39 is 49.4 Å². The zero-order chi connectivity index (χ0) is 40.2. The fourth-order valence-electron chi connectivity index (χ4n) is 7.66. The molecule has 0 spiro atoms. The van der Waals surface area contributed by atoms with E-state index in [2.05, 4.69) is 17.0 Å². The van der Waals surface area contributed by atoms with Crippen LogP contribution < -0.4 is 5.73 Å². The van der Waals surface area contributed by atoms with Gasteiger partial charge in [-0.25, -0.2) is 18.5 Å². The Hall–Kier alpha value is -2.99. The Morgan fingerprint density at radius 3 is 2.29 bits per heavy atom. The van der Waals surface area contributed by atoms with E-state index in [1.807, 2.05) is 12.1 Å². The first-order valence-corrected chi connectivity index (χ1v) is 21.9. The van der Waals surface area contributed by atoms with Crippen LogP contribution in [-0.2, 0) is 39.2 Å². The maximum Gasteiger partial charge on any atom is 0.472 e. The number of rotatable bonds is 25. The van der Waals surface area contributed by atoms with Gasteiger partial charge < -0.3 is 29.6 Å². The Morgan fingerprint density at radius 2 is 1.62 bits per heavy atom. The van der Waals surface area contributed by atoms with E-state index in [4.69, 9.17) is 33.7 Å². The minimum Gasteiger partial charge on any atom is -0.382 e. The summed E-state index contributed by atoms with van der Waals surface area (Å²) in [6.45, 7) is 7.00. The van der Waals surface area contributed by atoms with Crippen LogP contribution in [0.2, 0.25) is 0 Å². The number of nitrogen functional groups attached to an aromatic ring is 1. The Balaban J connectivity index is 1.13. The molecule has 2 fully saturated rings. The molecule has 0 aliphatic carbocycles. The summed E-state index contributed by atoms with van der Waals surface area (Å²) in [4.78, 5) is 15.0. The molecular weight excluding hydrogens is 740 g/mol. The lowest BCUT2D eigenvalue weighted by Crippen LogP contribution is -2.44. The topological polar surface area (TPSA) is 173 Å². The van der Waals surface area contributed by atoms with Crippen molar-refractivity contribution in [1.82, 2.24) is 14.6 Å². The number of unbranched alkanes of at least 4 members (excludes halogenated alkanes) is 13. The van der Waals surface area contributed by atoms with Gasteiger partial charge in [-0.15, -0.1) is 0 Å². The SMILES string of the molecule is CCCCCCCCCCCCCCCC[C@H](COP(=O)(O)OC[C@@]1(C)O[C@@H](c2ccc3c(N)ncnn23)[C@@H]2OC(C)(C)O[C@@H]21)OCc1cc(F)cc(C#N)c1. The first kappa shape index (κ1) is 44.1. The molecule has 0 amide bonds. The fourth-order valence-corrected chi connectivity index (χ4v) is 8.51. The van der Waals surface area contributed by atoms with E-state index in [9.17, 15) is 19.1 Å². The average Bonchev–Trinajstić information content (AvgIpc) is 3.82. The summed E-state index contributed by atoms with van der Waals surface area (Å²) in [5.74, 6) is -1.18. The zero-order valence-corrected chi connectivity index (χ0v) is 34.4. The highest BCUT2D eigenvalue weighted by Crippen LogP contribution is 2.52. The van der Waals surface area contributed by atoms with E-state index >= 15 is 0 Å². The lowest BCUT2D eigenvalue weighted by Gasteiger charge is -2.31. The van der Waals surface area contributed by atoms with Gasteiger partial charge in [-0.2, -0.15) is 10.4 Å². The molecule has 1 unspecified atom stereocenters. The van der Waals surface area contributed by atoms with Gasteiger partial charge in [-0.1, -0.05) is 96.8 Å². The Bertz CT molecular complexity index is 1790. The normalized spacial score (nSPS) is 23.3. The standard InChI is InChI=1S/C41H61FN5O8P/c1-5-6-7-8-9-10-11-12-13-14-15-16-17-18-19-33(50-26-31-22-30(25-43)23-32(42)24-31)27-51-56(48,49)52-28-41(4)38-37(53-40(2,3)55-38)36(54-41)34-20-21-35-39(44)45-29-46-47(34)35/h20-24,29,33,36-38H,5-19,26-28H2,1-4H3,(H,48,49)(H2,44,45,46)/t33-,36+,37+,38+,41-/m1/s1. The van der Waals surface area contributed by atoms with Gasteiger partial charge in [0, 0.05) is 0 Å². The second kappa shape index (κ2) is 20.6. The van der Waals surface area contributed by atoms with Gasteiger partial charge in [0.25, 0.3) is 0 Å². The zero-order valence-electron chi connectivity index (χ0n) is 33.5. The van der Waals surface area contributed by atoms with E-state index in [-0.39, 0.29) is 25.4 Å². The van der Waals surface area contributed by atoms with Crippen LogP contribution in [0, 0.1) is 17.1 Å². The van der Waals surface area contributed by atoms with Gasteiger partial charge in [0.05, 0.1) is 43.3 Å². The van der Waals surface area contributed by atoms with Crippen LogP contribution in [0.25, 0.3) is 5.52 Å². The van der Waals surface area contributed by atoms with E-state index in [0.717, 1.165) is 31.7 Å². The first-order valence-electron chi connectivity index (χ1n) is 20.4. The molecule has 0 saturated carbocycles. The van der Waals surface area contributed by atoms with E-state index in [1.165, 1.54) is 76.6 Å². The van der Waals surface area contributed by atoms with Crippen LogP contribution in [-0.4, -0.2) is 62.4 Å². The predicted octanol–water partition coefficient (Wildman–Crippen LogP) is 9.26. The number of phosphoric ester groups is 1. The van der Waals surface area contributed by atoms with Gasteiger partial charge in [0.15, 0.2) is 11.6 Å². The number of fused-ring (bicyclic) bond motifs is 2. The van der Waals surface area contributed by atoms with Crippen LogP contribution in [0.1, 0.15) is 147 Å². The quantitative estimate of drug-likeness (QED) is 0.0615. The highest BCUT2D eigenvalue weighted by molar-refractivity contribution is 7.47. The number of phosphoric acid groups is 1. The van der Waals surface area contributed by atoms with Crippen LogP contribution in [0.3, 0.4) is 0 Å². The number of ether oxygens (including phenoxy) is 4. The van der Waals surface area contributed by atoms with Crippen LogP contribution >= 0.6 is 7.82 Å². The molecule has 2 saturated heterocycles. The summed E-state index contributed by atoms with van der Waals surface area (Å²) in [6, 6.07) is 9.60. The highest BCUT2D eigenvalue weighted by atomic mass is 31.2. The summed E-state index contributed by atoms with van der Waals surface area (Å²) in [7, 11) is -4.63. The van der Waals surface area contributed by atoms with Crippen LogP contribution in [0.15, 0.2) is 36.7 Å². The summed E-state index contributed by atoms with van der Waals surface area (Å²) in [5, 5.41) is 13.6. The van der Waals surface area contributed by atoms with Gasteiger partial charge in [0.2, 0.25) is 0 Å². The number of benzene rings is 1. The number of hydrogen-bond acceptors (Lipinski definition) is 11. The summed E-state index contributed by atoms with van der Waals surface area (Å²) < 4.78 is 65.4. The molecule has 0 radical (unpaired) electrons. The summed E-state index contributed by atoms with van der Waals surface area (Å²) in [5.41, 5.74) is 6.78. The van der Waals surface area contributed by atoms with Crippen molar-refractivity contribution in [3.05, 3.63) is 59.3 Å². The number of nitrogens with zero attached hydrogens (tertiary/aromatic N) is 4. The number of halogens is 1. The van der Waals surface area contributed by atoms with Crippen molar-refractivity contribution in [3.8, 4) is 6.07 Å². The Morgan fingerprint density at radius 1 is 0.964 bits per heavy atom. The van der Waals surface area contributed by atoms with Crippen molar-refractivity contribution < 1.29 is 41.8 Å². The van der Waals surface area contributed by atoms with Crippen molar-refractivity contribution in [1.29, 1.82) is 5.26 Å². The number of anilines is 1. The first-order chi connectivity index (χ1) is 26.8. The third kappa shape index (κ3) is 12.5. The van der Waals surface area contributed by atoms with Crippen molar-refractivity contribution in [2.45, 2.75) is 166 Å². The largest absolute Gasteiger partial charge is 0.472 e. The van der Waals surface area contributed by atoms with Gasteiger partial charge in [0.1, 0.15) is 41.6 Å². The van der Waals surface area contributed by atoms with Gasteiger partial charge >= 0.3 is 7.82 Å². The lowest BCUT2D eigenvalue weighted by atomic mass is 9.97. The van der Waals surface area contributed by atoms with Crippen molar-refractivity contribution in [2.75, 3.05) is 18.9 Å². The number of hydrogen-bond donors (Lipinski definition) is 2. The third-order valence-corrected chi connectivity index (χ3v) is 11.5. The van der Waals surface area contributed by atoms with Gasteiger partial charge in [-0.05, 0) is 63.1 Å². The highest BCUT2D eigenvalue weighted by Gasteiger charge is 2.62. The van der Waals surface area contributed by atoms with E-state index in [1.54, 1.807) is 37.4 Å². The maximum absolute atomic E-state index is 14.1. The third-order valence-electron chi connectivity index (χ3n) is 10.6. The lowest BCUT2D eigenvalue weighted by molar-refractivity contribution is -0.212. The smallest absolute Gasteiger partial charge is 0.382 e. The van der Waals surface area contributed by atoms with E-state index in [0.29, 0.717) is 29.0 Å². The number of nitrogens with two attached hydrogens (primary N) is 1. The molecule has 310 valence electrons. The Labute approximate surface area is 331 Å². The predicted molar refractivity (Wildman–Crippen MR) is 210 cm³/mol. The van der Waals surface area contributed by atoms with Gasteiger partial charge in [-0.3, -0.25) is 9.05 Å². The molecule has 56 heavy (non-hydrogen) atoms. The minimum absolute atomic E-state index is 0.00411. The second-order valence-corrected chi connectivity index (χ2v) is 17.3. The minimum atomic E-state index is -4.63. The number of aromatic nitrogens is 3. The molecule has 3 aromatic rings. The second-order valence-electron chi connectivity index (χ2n) is 15.9. The van der Waals surface area contributed by atoms with Crippen LogP contribution in [0.4, 0.5) is 10.2 Å². The molecule has 15 heteroatoms. The van der Waals surface area contributed by atoms with Crippen molar-refractivity contribution >= 4 is 19.2 Å². The molecular formula is C41H61FN5O8P. The molecule has 1 aromatic carbocycles. The fraction of sp³-hybridized carbons (Fsp3) is 0.683.